The van der Waals surface area contributed by atoms with Gasteiger partial charge in [0, 0.05) is 5.56 Å². The van der Waals surface area contributed by atoms with Crippen LogP contribution < -0.4 is 10.5 Å². The lowest BCUT2D eigenvalue weighted by molar-refractivity contribution is 0.335. The average molecular weight is 275 g/mol. The van der Waals surface area contributed by atoms with Crippen molar-refractivity contribution >= 4 is 0 Å². The van der Waals surface area contributed by atoms with Crippen LogP contribution in [0, 0.1) is 12.8 Å². The van der Waals surface area contributed by atoms with E-state index in [4.69, 9.17) is 15.0 Å². The number of rotatable bonds is 5. The molecule has 1 aromatic heterocycles. The zero-order valence-corrected chi connectivity index (χ0v) is 12.4. The molecule has 108 valence electrons. The van der Waals surface area contributed by atoms with Crippen LogP contribution in [0.15, 0.2) is 22.7 Å². The van der Waals surface area contributed by atoms with Crippen LogP contribution in [0.5, 0.6) is 5.75 Å². The van der Waals surface area contributed by atoms with Crippen LogP contribution in [0.3, 0.4) is 0 Å². The minimum Gasteiger partial charge on any atom is -0.496 e. The predicted octanol–water partition coefficient (Wildman–Crippen LogP) is 3.10. The fourth-order valence-corrected chi connectivity index (χ4v) is 2.13. The van der Waals surface area contributed by atoms with E-state index >= 15 is 0 Å². The maximum absolute atomic E-state index is 6.05. The summed E-state index contributed by atoms with van der Waals surface area (Å²) < 4.78 is 10.5. The highest BCUT2D eigenvalue weighted by Crippen LogP contribution is 2.25. The average Bonchev–Trinajstić information content (AvgIpc) is 2.87. The number of aromatic nitrogens is 2. The van der Waals surface area contributed by atoms with E-state index in [9.17, 15) is 0 Å². The third-order valence-electron chi connectivity index (χ3n) is 3.14. The molecule has 1 atom stereocenters. The van der Waals surface area contributed by atoms with E-state index in [0.717, 1.165) is 23.3 Å². The topological polar surface area (TPSA) is 74.2 Å². The maximum Gasteiger partial charge on any atom is 0.243 e. The monoisotopic (exact) mass is 275 g/mol. The number of ether oxygens (including phenoxy) is 1. The predicted molar refractivity (Wildman–Crippen MR) is 77.4 cm³/mol. The highest BCUT2D eigenvalue weighted by Gasteiger charge is 2.17. The summed E-state index contributed by atoms with van der Waals surface area (Å²) in [7, 11) is 1.65. The largest absolute Gasteiger partial charge is 0.496 e. The van der Waals surface area contributed by atoms with Gasteiger partial charge in [0.15, 0.2) is 0 Å². The van der Waals surface area contributed by atoms with Gasteiger partial charge in [-0.2, -0.15) is 4.98 Å². The molecule has 0 aliphatic rings. The first-order chi connectivity index (χ1) is 9.51. The molecule has 0 saturated heterocycles. The second kappa shape index (κ2) is 6.05. The molecule has 0 amide bonds. The van der Waals surface area contributed by atoms with Crippen LogP contribution >= 0.6 is 0 Å². The van der Waals surface area contributed by atoms with Crippen molar-refractivity contribution in [3.63, 3.8) is 0 Å². The first kappa shape index (κ1) is 14.5. The molecule has 1 heterocycles. The molecule has 2 aromatic rings. The van der Waals surface area contributed by atoms with Gasteiger partial charge in [0.1, 0.15) is 5.75 Å². The zero-order chi connectivity index (χ0) is 14.7. The van der Waals surface area contributed by atoms with Crippen molar-refractivity contribution in [1.29, 1.82) is 0 Å². The summed E-state index contributed by atoms with van der Waals surface area (Å²) in [4.78, 5) is 4.39. The fourth-order valence-electron chi connectivity index (χ4n) is 2.13. The second-order valence-corrected chi connectivity index (χ2v) is 5.38. The Hall–Kier alpha value is -1.88. The van der Waals surface area contributed by atoms with Crippen LogP contribution in [0.25, 0.3) is 11.4 Å². The number of benzene rings is 1. The molecule has 1 aromatic carbocycles. The van der Waals surface area contributed by atoms with Crippen LogP contribution in [0.2, 0.25) is 0 Å². The van der Waals surface area contributed by atoms with Crippen molar-refractivity contribution in [2.45, 2.75) is 33.2 Å². The van der Waals surface area contributed by atoms with Gasteiger partial charge >= 0.3 is 0 Å². The Kier molecular flexibility index (Phi) is 4.39. The number of aryl methyl sites for hydroxylation is 1. The van der Waals surface area contributed by atoms with Crippen molar-refractivity contribution in [3.8, 4) is 17.1 Å². The summed E-state index contributed by atoms with van der Waals surface area (Å²) >= 11 is 0. The maximum atomic E-state index is 6.05. The second-order valence-electron chi connectivity index (χ2n) is 5.38. The van der Waals surface area contributed by atoms with Gasteiger partial charge in [-0.05, 0) is 43.0 Å². The lowest BCUT2D eigenvalue weighted by Crippen LogP contribution is -2.13. The van der Waals surface area contributed by atoms with E-state index in [0.29, 0.717) is 17.6 Å². The summed E-state index contributed by atoms with van der Waals surface area (Å²) in [6, 6.07) is 5.57. The molecule has 0 fully saturated rings. The molecule has 0 spiro atoms. The van der Waals surface area contributed by atoms with Crippen molar-refractivity contribution in [3.05, 3.63) is 29.7 Å². The SMILES string of the molecule is COc1ccc(-c2noc([C@@H](N)CC(C)C)n2)cc1C. The van der Waals surface area contributed by atoms with Crippen molar-refractivity contribution in [2.75, 3.05) is 7.11 Å². The Morgan fingerprint density at radius 3 is 2.70 bits per heavy atom. The molecule has 0 unspecified atom stereocenters. The quantitative estimate of drug-likeness (QED) is 0.907. The molecule has 20 heavy (non-hydrogen) atoms. The van der Waals surface area contributed by atoms with Crippen LogP contribution in [0.4, 0.5) is 0 Å². The Morgan fingerprint density at radius 1 is 1.35 bits per heavy atom. The molecule has 2 rings (SSSR count). The minimum atomic E-state index is -0.212. The van der Waals surface area contributed by atoms with E-state index in [1.807, 2.05) is 25.1 Å². The number of methoxy groups -OCH3 is 1. The normalized spacial score (nSPS) is 12.7. The van der Waals surface area contributed by atoms with E-state index in [1.165, 1.54) is 0 Å². The first-order valence-electron chi connectivity index (χ1n) is 6.75. The summed E-state index contributed by atoms with van der Waals surface area (Å²) in [6.45, 7) is 6.21. The third kappa shape index (κ3) is 3.17. The number of hydrogen-bond acceptors (Lipinski definition) is 5. The van der Waals surface area contributed by atoms with Gasteiger partial charge in [-0.15, -0.1) is 0 Å². The summed E-state index contributed by atoms with van der Waals surface area (Å²) in [5.41, 5.74) is 7.98. The highest BCUT2D eigenvalue weighted by molar-refractivity contribution is 5.58. The number of hydrogen-bond donors (Lipinski definition) is 1. The Labute approximate surface area is 119 Å². The van der Waals surface area contributed by atoms with Crippen molar-refractivity contribution in [1.82, 2.24) is 10.1 Å². The van der Waals surface area contributed by atoms with Crippen molar-refractivity contribution in [2.24, 2.45) is 11.7 Å². The van der Waals surface area contributed by atoms with Crippen LogP contribution in [0.1, 0.15) is 37.8 Å². The molecule has 0 saturated carbocycles. The van der Waals surface area contributed by atoms with Gasteiger partial charge in [-0.25, -0.2) is 0 Å². The smallest absolute Gasteiger partial charge is 0.243 e. The van der Waals surface area contributed by atoms with Gasteiger partial charge in [0.2, 0.25) is 11.7 Å². The summed E-state index contributed by atoms with van der Waals surface area (Å²) in [6.07, 6.45) is 0.823. The number of nitrogens with two attached hydrogens (primary N) is 1. The van der Waals surface area contributed by atoms with Crippen molar-refractivity contribution < 1.29 is 9.26 Å². The zero-order valence-electron chi connectivity index (χ0n) is 12.4. The molecule has 0 aliphatic heterocycles. The molecular formula is C15H21N3O2. The highest BCUT2D eigenvalue weighted by atomic mass is 16.5. The van der Waals surface area contributed by atoms with Crippen LogP contribution in [-0.4, -0.2) is 17.3 Å². The van der Waals surface area contributed by atoms with Gasteiger partial charge in [-0.1, -0.05) is 19.0 Å². The van der Waals surface area contributed by atoms with E-state index in [2.05, 4.69) is 24.0 Å². The molecule has 5 heteroatoms. The van der Waals surface area contributed by atoms with E-state index < -0.39 is 0 Å². The standard InChI is InChI=1S/C15H21N3O2/c1-9(2)7-12(16)15-17-14(18-20-15)11-5-6-13(19-4)10(3)8-11/h5-6,8-9,12H,7,16H2,1-4H3/t12-/m0/s1. The molecule has 0 aliphatic carbocycles. The van der Waals surface area contributed by atoms with Crippen LogP contribution in [-0.2, 0) is 0 Å². The molecule has 0 bridgehead atoms. The van der Waals surface area contributed by atoms with Gasteiger partial charge in [-0.3, -0.25) is 0 Å². The third-order valence-corrected chi connectivity index (χ3v) is 3.14. The van der Waals surface area contributed by atoms with E-state index in [1.54, 1.807) is 7.11 Å². The van der Waals surface area contributed by atoms with Gasteiger partial charge < -0.3 is 15.0 Å². The lowest BCUT2D eigenvalue weighted by atomic mass is 10.0. The van der Waals surface area contributed by atoms with Gasteiger partial charge in [0.25, 0.3) is 0 Å². The Morgan fingerprint density at radius 2 is 2.10 bits per heavy atom. The molecular weight excluding hydrogens is 254 g/mol. The minimum absolute atomic E-state index is 0.212. The lowest BCUT2D eigenvalue weighted by Gasteiger charge is -2.08. The Bertz CT molecular complexity index is 578. The molecule has 0 radical (unpaired) electrons. The molecule has 2 N–H and O–H groups in total. The van der Waals surface area contributed by atoms with E-state index in [-0.39, 0.29) is 6.04 Å². The van der Waals surface area contributed by atoms with Gasteiger partial charge in [0.05, 0.1) is 13.2 Å². The molecule has 5 nitrogen and oxygen atoms in total. The first-order valence-corrected chi connectivity index (χ1v) is 6.75. The summed E-state index contributed by atoms with van der Waals surface area (Å²) in [5.74, 6) is 2.38. The fraction of sp³-hybridized carbons (Fsp3) is 0.467. The number of nitrogens with zero attached hydrogens (tertiary/aromatic N) is 2. The Balaban J connectivity index is 2.22. The summed E-state index contributed by atoms with van der Waals surface area (Å²) in [5, 5.41) is 4.00.